The average molecular weight is 178 g/mol. The molecule has 2 N–H and O–H groups in total. The molecule has 0 aliphatic carbocycles. The minimum Gasteiger partial charge on any atom is -0.328 e. The van der Waals surface area contributed by atoms with Crippen LogP contribution in [0, 0.1) is 17.1 Å². The molecule has 1 aromatic carbocycles. The van der Waals surface area contributed by atoms with Crippen LogP contribution < -0.4 is 5.73 Å². The van der Waals surface area contributed by atoms with Gasteiger partial charge >= 0.3 is 0 Å². The van der Waals surface area contributed by atoms with Crippen molar-refractivity contribution >= 4 is 0 Å². The molecule has 1 unspecified atom stereocenters. The van der Waals surface area contributed by atoms with E-state index in [1.807, 2.05) is 13.0 Å². The van der Waals surface area contributed by atoms with E-state index < -0.39 is 0 Å². The van der Waals surface area contributed by atoms with Crippen LogP contribution in [0.4, 0.5) is 4.39 Å². The van der Waals surface area contributed by atoms with Crippen LogP contribution in [0.25, 0.3) is 0 Å². The molecule has 0 aliphatic heterocycles. The Hall–Kier alpha value is -1.40. The van der Waals surface area contributed by atoms with Crippen LogP contribution in [0.15, 0.2) is 18.2 Å². The molecule has 13 heavy (non-hydrogen) atoms. The van der Waals surface area contributed by atoms with Gasteiger partial charge in [0, 0.05) is 6.04 Å². The van der Waals surface area contributed by atoms with Gasteiger partial charge < -0.3 is 5.73 Å². The molecular formula is C10H11FN2. The van der Waals surface area contributed by atoms with Crippen molar-refractivity contribution in [3.63, 3.8) is 0 Å². The largest absolute Gasteiger partial charge is 0.328 e. The minimum atomic E-state index is -0.351. The Labute approximate surface area is 76.8 Å². The zero-order chi connectivity index (χ0) is 9.84. The number of halogens is 1. The highest BCUT2D eigenvalue weighted by Gasteiger charge is 2.05. The van der Waals surface area contributed by atoms with Crippen molar-refractivity contribution in [2.75, 3.05) is 0 Å². The van der Waals surface area contributed by atoms with E-state index in [4.69, 9.17) is 11.0 Å². The third kappa shape index (κ3) is 2.53. The Kier molecular flexibility index (Phi) is 2.99. The SMILES string of the molecule is CC(N)Cc1ccc(C#N)cc1F. The van der Waals surface area contributed by atoms with Crippen molar-refractivity contribution < 1.29 is 4.39 Å². The van der Waals surface area contributed by atoms with E-state index in [9.17, 15) is 4.39 Å². The lowest BCUT2D eigenvalue weighted by atomic mass is 10.1. The highest BCUT2D eigenvalue weighted by atomic mass is 19.1. The fourth-order valence-electron chi connectivity index (χ4n) is 1.13. The number of hydrogen-bond donors (Lipinski definition) is 1. The van der Waals surface area contributed by atoms with Crippen LogP contribution in [-0.2, 0) is 6.42 Å². The first kappa shape index (κ1) is 9.69. The van der Waals surface area contributed by atoms with Gasteiger partial charge in [0.25, 0.3) is 0 Å². The lowest BCUT2D eigenvalue weighted by Crippen LogP contribution is -2.18. The molecule has 1 atom stereocenters. The summed E-state index contributed by atoms with van der Waals surface area (Å²) in [5, 5.41) is 8.49. The first-order valence-electron chi connectivity index (χ1n) is 4.07. The van der Waals surface area contributed by atoms with Crippen molar-refractivity contribution in [3.8, 4) is 6.07 Å². The zero-order valence-corrected chi connectivity index (χ0v) is 7.42. The molecule has 1 rings (SSSR count). The Balaban J connectivity index is 2.93. The van der Waals surface area contributed by atoms with E-state index in [0.717, 1.165) is 0 Å². The Morgan fingerprint density at radius 2 is 2.31 bits per heavy atom. The molecule has 3 heteroatoms. The van der Waals surface area contributed by atoms with E-state index in [1.165, 1.54) is 6.07 Å². The number of hydrogen-bond acceptors (Lipinski definition) is 2. The number of nitriles is 1. The highest BCUT2D eigenvalue weighted by Crippen LogP contribution is 2.11. The van der Waals surface area contributed by atoms with Crippen LogP contribution in [0.5, 0.6) is 0 Å². The molecule has 0 aliphatic rings. The third-order valence-electron chi connectivity index (χ3n) is 1.72. The summed E-state index contributed by atoms with van der Waals surface area (Å²) in [5.74, 6) is -0.351. The fraction of sp³-hybridized carbons (Fsp3) is 0.300. The minimum absolute atomic E-state index is 0.0672. The predicted molar refractivity (Wildman–Crippen MR) is 48.5 cm³/mol. The third-order valence-corrected chi connectivity index (χ3v) is 1.72. The summed E-state index contributed by atoms with van der Waals surface area (Å²) in [6, 6.07) is 6.25. The van der Waals surface area contributed by atoms with Gasteiger partial charge in [0.2, 0.25) is 0 Å². The topological polar surface area (TPSA) is 49.8 Å². The van der Waals surface area contributed by atoms with Crippen LogP contribution in [-0.4, -0.2) is 6.04 Å². The number of rotatable bonds is 2. The molecule has 0 spiro atoms. The fourth-order valence-corrected chi connectivity index (χ4v) is 1.13. The first-order valence-corrected chi connectivity index (χ1v) is 4.07. The van der Waals surface area contributed by atoms with Gasteiger partial charge in [-0.3, -0.25) is 0 Å². The molecule has 0 aromatic heterocycles. The highest BCUT2D eigenvalue weighted by molar-refractivity contribution is 5.33. The molecule has 2 nitrogen and oxygen atoms in total. The number of nitrogens with two attached hydrogens (primary N) is 1. The molecule has 0 radical (unpaired) electrons. The average Bonchev–Trinajstić information content (AvgIpc) is 2.08. The van der Waals surface area contributed by atoms with Crippen LogP contribution >= 0.6 is 0 Å². The van der Waals surface area contributed by atoms with Gasteiger partial charge in [-0.2, -0.15) is 5.26 Å². The van der Waals surface area contributed by atoms with Gasteiger partial charge in [0.1, 0.15) is 5.82 Å². The van der Waals surface area contributed by atoms with Gasteiger partial charge in [-0.05, 0) is 31.0 Å². The Bertz CT molecular complexity index is 339. The summed E-state index contributed by atoms with van der Waals surface area (Å²) in [4.78, 5) is 0. The summed E-state index contributed by atoms with van der Waals surface area (Å²) in [5.41, 5.74) is 6.43. The van der Waals surface area contributed by atoms with E-state index in [2.05, 4.69) is 0 Å². The van der Waals surface area contributed by atoms with Crippen molar-refractivity contribution in [3.05, 3.63) is 35.1 Å². The molecule has 0 heterocycles. The van der Waals surface area contributed by atoms with Gasteiger partial charge in [-0.15, -0.1) is 0 Å². The predicted octanol–water partition coefficient (Wildman–Crippen LogP) is 1.59. The van der Waals surface area contributed by atoms with Crippen LogP contribution in [0.3, 0.4) is 0 Å². The number of benzene rings is 1. The molecule has 1 aromatic rings. The molecule has 0 bridgehead atoms. The first-order chi connectivity index (χ1) is 6.13. The monoisotopic (exact) mass is 178 g/mol. The van der Waals surface area contributed by atoms with Gasteiger partial charge in [-0.25, -0.2) is 4.39 Å². The summed E-state index contributed by atoms with van der Waals surface area (Å²) >= 11 is 0. The second kappa shape index (κ2) is 4.01. The maximum atomic E-state index is 13.2. The molecular weight excluding hydrogens is 167 g/mol. The van der Waals surface area contributed by atoms with Gasteiger partial charge in [0.05, 0.1) is 11.6 Å². The molecule has 0 fully saturated rings. The van der Waals surface area contributed by atoms with Crippen molar-refractivity contribution in [2.24, 2.45) is 5.73 Å². The zero-order valence-electron chi connectivity index (χ0n) is 7.42. The van der Waals surface area contributed by atoms with Crippen LogP contribution in [0.1, 0.15) is 18.1 Å². The van der Waals surface area contributed by atoms with E-state index in [0.29, 0.717) is 17.5 Å². The molecule has 0 amide bonds. The standard InChI is InChI=1S/C10H11FN2/c1-7(13)4-9-3-2-8(6-12)5-10(9)11/h2-3,5,7H,4,13H2,1H3. The van der Waals surface area contributed by atoms with Gasteiger partial charge in [-0.1, -0.05) is 6.07 Å². The Morgan fingerprint density at radius 1 is 1.62 bits per heavy atom. The Morgan fingerprint density at radius 3 is 2.77 bits per heavy atom. The van der Waals surface area contributed by atoms with Crippen molar-refractivity contribution in [2.45, 2.75) is 19.4 Å². The van der Waals surface area contributed by atoms with Crippen LogP contribution in [0.2, 0.25) is 0 Å². The summed E-state index contributed by atoms with van der Waals surface area (Å²) < 4.78 is 13.2. The van der Waals surface area contributed by atoms with E-state index in [1.54, 1.807) is 12.1 Å². The van der Waals surface area contributed by atoms with E-state index in [-0.39, 0.29) is 11.9 Å². The van der Waals surface area contributed by atoms with Crippen molar-refractivity contribution in [1.29, 1.82) is 5.26 Å². The maximum absolute atomic E-state index is 13.2. The van der Waals surface area contributed by atoms with Gasteiger partial charge in [0.15, 0.2) is 0 Å². The van der Waals surface area contributed by atoms with Crippen molar-refractivity contribution in [1.82, 2.24) is 0 Å². The normalized spacial score (nSPS) is 12.2. The van der Waals surface area contributed by atoms with E-state index >= 15 is 0 Å². The maximum Gasteiger partial charge on any atom is 0.127 e. The summed E-state index contributed by atoms with van der Waals surface area (Å²) in [6.45, 7) is 1.82. The molecule has 0 saturated carbocycles. The summed E-state index contributed by atoms with van der Waals surface area (Å²) in [7, 11) is 0. The summed E-state index contributed by atoms with van der Waals surface area (Å²) in [6.07, 6.45) is 0.498. The second-order valence-electron chi connectivity index (χ2n) is 3.10. The lowest BCUT2D eigenvalue weighted by Gasteiger charge is -2.05. The number of nitrogens with zero attached hydrogens (tertiary/aromatic N) is 1. The lowest BCUT2D eigenvalue weighted by molar-refractivity contribution is 0.595. The second-order valence-corrected chi connectivity index (χ2v) is 3.10. The molecule has 0 saturated heterocycles. The molecule has 68 valence electrons. The smallest absolute Gasteiger partial charge is 0.127 e. The quantitative estimate of drug-likeness (QED) is 0.747.